The summed E-state index contributed by atoms with van der Waals surface area (Å²) in [4.78, 5) is 24.2. The number of benzene rings is 2. The summed E-state index contributed by atoms with van der Waals surface area (Å²) in [5.41, 5.74) is 0.694. The molecule has 2 N–H and O–H groups in total. The maximum Gasteiger partial charge on any atom is 0.309 e. The molecule has 2 aromatic carbocycles. The Kier molecular flexibility index (Phi) is 8.22. The lowest BCUT2D eigenvalue weighted by Gasteiger charge is -2.34. The lowest BCUT2D eigenvalue weighted by molar-refractivity contribution is -0.139. The first-order valence-corrected chi connectivity index (χ1v) is 12.2. The summed E-state index contributed by atoms with van der Waals surface area (Å²) in [6.07, 6.45) is 2.61. The van der Waals surface area contributed by atoms with Crippen LogP contribution in [-0.4, -0.2) is 43.7 Å². The van der Waals surface area contributed by atoms with Crippen LogP contribution < -0.4 is 10.6 Å². The Morgan fingerprint density at radius 1 is 1.03 bits per heavy atom. The summed E-state index contributed by atoms with van der Waals surface area (Å²) in [6.45, 7) is 0.632. The second kappa shape index (κ2) is 10.9. The molecule has 0 bridgehead atoms. The highest BCUT2D eigenvalue weighted by Gasteiger charge is 2.33. The van der Waals surface area contributed by atoms with Crippen LogP contribution in [0.3, 0.4) is 0 Å². The van der Waals surface area contributed by atoms with Gasteiger partial charge in [0.1, 0.15) is 5.82 Å². The predicted molar refractivity (Wildman–Crippen MR) is 119 cm³/mol. The maximum atomic E-state index is 13.2. The predicted octanol–water partition coefficient (Wildman–Crippen LogP) is 2.85. The van der Waals surface area contributed by atoms with Gasteiger partial charge in [0, 0.05) is 30.7 Å². The number of nitrogens with zero attached hydrogens (tertiary/aromatic N) is 1. The monoisotopic (exact) mass is 481 g/mol. The van der Waals surface area contributed by atoms with Gasteiger partial charge in [0.25, 0.3) is 0 Å². The van der Waals surface area contributed by atoms with Crippen LogP contribution in [0.1, 0.15) is 31.2 Å². The summed E-state index contributed by atoms with van der Waals surface area (Å²) >= 11 is 6.04. The third-order valence-corrected chi connectivity index (χ3v) is 7.69. The molecule has 0 spiro atoms. The number of halogens is 2. The van der Waals surface area contributed by atoms with Crippen molar-refractivity contribution < 1.29 is 22.4 Å². The second-order valence-corrected chi connectivity index (χ2v) is 9.84. The first-order chi connectivity index (χ1) is 15.3. The van der Waals surface area contributed by atoms with Crippen molar-refractivity contribution in [3.63, 3.8) is 0 Å². The van der Waals surface area contributed by atoms with Crippen LogP contribution in [0.15, 0.2) is 53.4 Å². The van der Waals surface area contributed by atoms with E-state index in [-0.39, 0.29) is 24.0 Å². The Labute approximate surface area is 192 Å². The number of nitrogens with one attached hydrogen (secondary N) is 2. The summed E-state index contributed by atoms with van der Waals surface area (Å²) in [5, 5.41) is 5.55. The van der Waals surface area contributed by atoms with Crippen LogP contribution >= 0.6 is 11.6 Å². The molecule has 2 aromatic rings. The fourth-order valence-corrected chi connectivity index (χ4v) is 5.58. The Balaban J connectivity index is 1.53. The van der Waals surface area contributed by atoms with Crippen molar-refractivity contribution in [3.05, 3.63) is 64.9 Å². The number of piperidine rings is 1. The van der Waals surface area contributed by atoms with Crippen LogP contribution in [0, 0.1) is 5.82 Å². The molecular formula is C22H25ClFN3O4S. The maximum absolute atomic E-state index is 13.2. The number of hydrogen-bond donors (Lipinski definition) is 2. The minimum atomic E-state index is -3.78. The van der Waals surface area contributed by atoms with Crippen LogP contribution in [0.25, 0.3) is 0 Å². The highest BCUT2D eigenvalue weighted by molar-refractivity contribution is 7.89. The van der Waals surface area contributed by atoms with Crippen molar-refractivity contribution in [2.24, 2.45) is 0 Å². The van der Waals surface area contributed by atoms with Gasteiger partial charge in [-0.1, -0.05) is 36.2 Å². The van der Waals surface area contributed by atoms with E-state index in [4.69, 9.17) is 11.6 Å². The molecule has 3 rings (SSSR count). The largest absolute Gasteiger partial charge is 0.348 e. The third kappa shape index (κ3) is 6.05. The molecule has 1 saturated heterocycles. The van der Waals surface area contributed by atoms with E-state index in [0.29, 0.717) is 30.0 Å². The zero-order valence-electron chi connectivity index (χ0n) is 17.4. The molecule has 1 fully saturated rings. The van der Waals surface area contributed by atoms with Gasteiger partial charge >= 0.3 is 11.8 Å². The van der Waals surface area contributed by atoms with E-state index in [9.17, 15) is 22.4 Å². The minimum absolute atomic E-state index is 0.0359. The fraction of sp³-hybridized carbons (Fsp3) is 0.364. The van der Waals surface area contributed by atoms with Crippen LogP contribution in [0.5, 0.6) is 0 Å². The van der Waals surface area contributed by atoms with E-state index in [0.717, 1.165) is 25.0 Å². The summed E-state index contributed by atoms with van der Waals surface area (Å²) < 4.78 is 40.6. The van der Waals surface area contributed by atoms with Gasteiger partial charge in [-0.2, -0.15) is 4.31 Å². The molecule has 2 amide bonds. The lowest BCUT2D eigenvalue weighted by Crippen LogP contribution is -2.46. The average Bonchev–Trinajstić information content (AvgIpc) is 2.79. The fourth-order valence-electron chi connectivity index (χ4n) is 3.65. The molecule has 1 atom stereocenters. The first kappa shape index (κ1) is 24.2. The highest BCUT2D eigenvalue weighted by Crippen LogP contribution is 2.27. The summed E-state index contributed by atoms with van der Waals surface area (Å²) in [7, 11) is -3.78. The molecular weight excluding hydrogens is 457 g/mol. The third-order valence-electron chi connectivity index (χ3n) is 5.36. The van der Waals surface area contributed by atoms with Gasteiger partial charge in [-0.05, 0) is 55.2 Å². The summed E-state index contributed by atoms with van der Waals surface area (Å²) in [6, 6.07) is 11.4. The van der Waals surface area contributed by atoms with Gasteiger partial charge in [-0.15, -0.1) is 0 Å². The number of rotatable bonds is 7. The molecule has 0 radical (unpaired) electrons. The van der Waals surface area contributed by atoms with Gasteiger partial charge in [0.05, 0.1) is 4.90 Å². The Morgan fingerprint density at radius 3 is 2.44 bits per heavy atom. The molecule has 7 nitrogen and oxygen atoms in total. The smallest absolute Gasteiger partial charge is 0.309 e. The van der Waals surface area contributed by atoms with E-state index in [1.165, 1.54) is 16.4 Å². The Hall–Kier alpha value is -2.49. The van der Waals surface area contributed by atoms with E-state index in [1.807, 2.05) is 0 Å². The quantitative estimate of drug-likeness (QED) is 0.594. The lowest BCUT2D eigenvalue weighted by atomic mass is 10.0. The van der Waals surface area contributed by atoms with Crippen molar-refractivity contribution in [1.29, 1.82) is 0 Å². The van der Waals surface area contributed by atoms with E-state index < -0.39 is 27.7 Å². The Bertz CT molecular complexity index is 1060. The van der Waals surface area contributed by atoms with Gasteiger partial charge in [0.15, 0.2) is 0 Å². The van der Waals surface area contributed by atoms with Crippen LogP contribution in [-0.2, 0) is 26.2 Å². The normalized spacial score (nSPS) is 17.0. The number of carbonyl (C=O) groups excluding carboxylic acids is 2. The molecule has 1 aliphatic heterocycles. The van der Waals surface area contributed by atoms with Gasteiger partial charge in [-0.25, -0.2) is 12.8 Å². The molecule has 0 aliphatic carbocycles. The van der Waals surface area contributed by atoms with Crippen molar-refractivity contribution in [1.82, 2.24) is 14.9 Å². The van der Waals surface area contributed by atoms with E-state index >= 15 is 0 Å². The van der Waals surface area contributed by atoms with Crippen LogP contribution in [0.4, 0.5) is 4.39 Å². The topological polar surface area (TPSA) is 95.6 Å². The van der Waals surface area contributed by atoms with Gasteiger partial charge in [0.2, 0.25) is 10.0 Å². The van der Waals surface area contributed by atoms with Crippen molar-refractivity contribution >= 4 is 33.4 Å². The molecule has 32 heavy (non-hydrogen) atoms. The molecule has 0 saturated carbocycles. The summed E-state index contributed by atoms with van der Waals surface area (Å²) in [5.74, 6) is -2.08. The number of hydrogen-bond acceptors (Lipinski definition) is 4. The van der Waals surface area contributed by atoms with Crippen molar-refractivity contribution in [2.75, 3.05) is 13.1 Å². The van der Waals surface area contributed by atoms with E-state index in [1.54, 1.807) is 24.3 Å². The molecule has 1 heterocycles. The zero-order valence-corrected chi connectivity index (χ0v) is 19.0. The van der Waals surface area contributed by atoms with Crippen molar-refractivity contribution in [2.45, 2.75) is 43.2 Å². The second-order valence-electron chi connectivity index (χ2n) is 7.54. The molecule has 172 valence electrons. The number of carbonyl (C=O) groups is 2. The van der Waals surface area contributed by atoms with Crippen LogP contribution in [0.2, 0.25) is 5.02 Å². The molecule has 1 aliphatic rings. The highest BCUT2D eigenvalue weighted by atomic mass is 35.5. The molecule has 0 unspecified atom stereocenters. The van der Waals surface area contributed by atoms with Crippen molar-refractivity contribution in [3.8, 4) is 0 Å². The SMILES string of the molecule is O=C(NCC[C@@H]1CCCCN1S(=O)(=O)c1ccc(F)cc1)C(=O)NCc1ccccc1Cl. The van der Waals surface area contributed by atoms with Gasteiger partial charge < -0.3 is 10.6 Å². The number of sulfonamides is 1. The molecule has 10 heteroatoms. The van der Waals surface area contributed by atoms with Gasteiger partial charge in [-0.3, -0.25) is 9.59 Å². The Morgan fingerprint density at radius 2 is 1.72 bits per heavy atom. The standard InChI is InChI=1S/C22H25ClFN3O4S/c23-20-7-2-1-5-16(20)15-26-22(29)21(28)25-13-12-18-6-3-4-14-27(18)32(30,31)19-10-8-17(24)9-11-19/h1-2,5,7-11,18H,3-4,6,12-15H2,(H,25,28)(H,26,29)/t18-/m0/s1. The first-order valence-electron chi connectivity index (χ1n) is 10.4. The van der Waals surface area contributed by atoms with E-state index in [2.05, 4.69) is 10.6 Å². The molecule has 0 aromatic heterocycles. The average molecular weight is 482 g/mol. The number of amides is 2. The minimum Gasteiger partial charge on any atom is -0.348 e. The zero-order chi connectivity index (χ0) is 23.1.